The van der Waals surface area contributed by atoms with Gasteiger partial charge in [-0.3, -0.25) is 4.79 Å². The monoisotopic (exact) mass is 352 g/mol. The van der Waals surface area contributed by atoms with Crippen molar-refractivity contribution in [1.29, 1.82) is 0 Å². The SMILES string of the molecule is CC(C)CC(=O)N1CC2(C1)[C@H](COc1ccccn1)CCS2(=O)=O. The van der Waals surface area contributed by atoms with E-state index in [1.165, 1.54) is 0 Å². The lowest BCUT2D eigenvalue weighted by molar-refractivity contribution is -0.138. The van der Waals surface area contributed by atoms with Crippen molar-refractivity contribution in [1.82, 2.24) is 9.88 Å². The van der Waals surface area contributed by atoms with E-state index in [1.807, 2.05) is 19.9 Å². The first-order valence-corrected chi connectivity index (χ1v) is 10.0. The highest BCUT2D eigenvalue weighted by Gasteiger charge is 2.62. The molecule has 2 aliphatic rings. The lowest BCUT2D eigenvalue weighted by atomic mass is 9.83. The summed E-state index contributed by atoms with van der Waals surface area (Å²) in [6.45, 7) is 4.91. The molecule has 0 bridgehead atoms. The Morgan fingerprint density at radius 1 is 1.42 bits per heavy atom. The van der Waals surface area contributed by atoms with E-state index in [4.69, 9.17) is 4.74 Å². The molecule has 0 radical (unpaired) electrons. The fourth-order valence-corrected chi connectivity index (χ4v) is 5.98. The van der Waals surface area contributed by atoms with Crippen LogP contribution in [0.5, 0.6) is 5.88 Å². The van der Waals surface area contributed by atoms with Crippen LogP contribution < -0.4 is 4.74 Å². The van der Waals surface area contributed by atoms with E-state index in [9.17, 15) is 13.2 Å². The Balaban J connectivity index is 1.67. The summed E-state index contributed by atoms with van der Waals surface area (Å²) in [5, 5.41) is 0. The summed E-state index contributed by atoms with van der Waals surface area (Å²) in [4.78, 5) is 17.9. The number of likely N-dealkylation sites (tertiary alicyclic amines) is 1. The molecule has 1 aromatic rings. The molecule has 6 nitrogen and oxygen atoms in total. The van der Waals surface area contributed by atoms with Gasteiger partial charge in [-0.15, -0.1) is 0 Å². The number of ether oxygens (including phenoxy) is 1. The number of carbonyl (C=O) groups is 1. The van der Waals surface area contributed by atoms with Crippen LogP contribution in [0.2, 0.25) is 0 Å². The van der Waals surface area contributed by atoms with Crippen molar-refractivity contribution >= 4 is 15.7 Å². The van der Waals surface area contributed by atoms with E-state index < -0.39 is 14.6 Å². The standard InChI is InChI=1S/C17H24N2O4S/c1-13(2)9-16(20)19-11-17(12-19)14(6-8-24(17,21)22)10-23-15-5-3-4-7-18-15/h3-5,7,13-14H,6,8-12H2,1-2H3/t14-/m0/s1. The van der Waals surface area contributed by atoms with E-state index in [0.29, 0.717) is 38.4 Å². The summed E-state index contributed by atoms with van der Waals surface area (Å²) in [7, 11) is -3.19. The van der Waals surface area contributed by atoms with Crippen LogP contribution in [0.4, 0.5) is 0 Å². The van der Waals surface area contributed by atoms with Gasteiger partial charge in [-0.2, -0.15) is 0 Å². The van der Waals surface area contributed by atoms with Crippen LogP contribution in [0.25, 0.3) is 0 Å². The molecule has 1 spiro atoms. The lowest BCUT2D eigenvalue weighted by Gasteiger charge is -2.50. The first-order chi connectivity index (χ1) is 11.3. The summed E-state index contributed by atoms with van der Waals surface area (Å²) < 4.78 is 30.0. The Labute approximate surface area is 143 Å². The quantitative estimate of drug-likeness (QED) is 0.803. The van der Waals surface area contributed by atoms with Crippen molar-refractivity contribution in [3.63, 3.8) is 0 Å². The van der Waals surface area contributed by atoms with Crippen LogP contribution in [0.1, 0.15) is 26.7 Å². The number of sulfone groups is 1. The molecule has 24 heavy (non-hydrogen) atoms. The molecule has 3 heterocycles. The van der Waals surface area contributed by atoms with Gasteiger partial charge >= 0.3 is 0 Å². The highest BCUT2D eigenvalue weighted by atomic mass is 32.2. The van der Waals surface area contributed by atoms with Gasteiger partial charge in [0.25, 0.3) is 0 Å². The second kappa shape index (κ2) is 6.35. The van der Waals surface area contributed by atoms with E-state index in [0.717, 1.165) is 0 Å². The molecule has 1 amide bonds. The van der Waals surface area contributed by atoms with Crippen LogP contribution >= 0.6 is 0 Å². The molecule has 132 valence electrons. The third kappa shape index (κ3) is 3.01. The Morgan fingerprint density at radius 3 is 2.79 bits per heavy atom. The van der Waals surface area contributed by atoms with Crippen LogP contribution in [-0.2, 0) is 14.6 Å². The summed E-state index contributed by atoms with van der Waals surface area (Å²) in [5.74, 6) is 0.909. The maximum atomic E-state index is 12.6. The second-order valence-corrected chi connectivity index (χ2v) is 9.65. The molecule has 2 aliphatic heterocycles. The van der Waals surface area contributed by atoms with E-state index in [1.54, 1.807) is 23.2 Å². The summed E-state index contributed by atoms with van der Waals surface area (Å²) >= 11 is 0. The minimum absolute atomic E-state index is 0.0436. The van der Waals surface area contributed by atoms with E-state index in [2.05, 4.69) is 4.98 Å². The van der Waals surface area contributed by atoms with Gasteiger partial charge in [0.05, 0.1) is 12.4 Å². The average Bonchev–Trinajstić information content (AvgIpc) is 2.74. The Bertz CT molecular complexity index is 697. The maximum Gasteiger partial charge on any atom is 0.222 e. The summed E-state index contributed by atoms with van der Waals surface area (Å²) in [6.07, 6.45) is 2.69. The van der Waals surface area contributed by atoms with Crippen molar-refractivity contribution in [3.8, 4) is 5.88 Å². The molecule has 0 saturated carbocycles. The zero-order valence-corrected chi connectivity index (χ0v) is 15.0. The number of aromatic nitrogens is 1. The Morgan fingerprint density at radius 2 is 2.17 bits per heavy atom. The second-order valence-electron chi connectivity index (χ2n) is 7.20. The summed E-state index contributed by atoms with van der Waals surface area (Å²) in [5.41, 5.74) is 0. The van der Waals surface area contributed by atoms with Crippen molar-refractivity contribution in [2.24, 2.45) is 11.8 Å². The van der Waals surface area contributed by atoms with Gasteiger partial charge in [0.15, 0.2) is 9.84 Å². The molecule has 0 aromatic carbocycles. The van der Waals surface area contributed by atoms with Crippen LogP contribution in [0.3, 0.4) is 0 Å². The molecule has 7 heteroatoms. The molecule has 2 saturated heterocycles. The molecule has 0 N–H and O–H groups in total. The maximum absolute atomic E-state index is 12.6. The molecule has 0 aliphatic carbocycles. The van der Waals surface area contributed by atoms with Gasteiger partial charge in [-0.05, 0) is 18.4 Å². The smallest absolute Gasteiger partial charge is 0.222 e. The highest BCUT2D eigenvalue weighted by molar-refractivity contribution is 7.93. The number of hydrogen-bond donors (Lipinski definition) is 0. The third-order valence-corrected chi connectivity index (χ3v) is 7.62. The zero-order chi connectivity index (χ0) is 17.4. The molecular formula is C17H24N2O4S. The van der Waals surface area contributed by atoms with Crippen LogP contribution in [-0.4, -0.2) is 54.4 Å². The van der Waals surface area contributed by atoms with Crippen molar-refractivity contribution in [2.75, 3.05) is 25.4 Å². The number of pyridine rings is 1. The topological polar surface area (TPSA) is 76.6 Å². The average molecular weight is 352 g/mol. The predicted octanol–water partition coefficient (Wildman–Crippen LogP) is 1.52. The number of hydrogen-bond acceptors (Lipinski definition) is 5. The molecule has 3 rings (SSSR count). The fourth-order valence-electron chi connectivity index (χ4n) is 3.58. The Hall–Kier alpha value is -1.63. The number of carbonyl (C=O) groups excluding carboxylic acids is 1. The minimum atomic E-state index is -3.19. The van der Waals surface area contributed by atoms with Gasteiger partial charge in [-0.1, -0.05) is 19.9 Å². The third-order valence-electron chi connectivity index (χ3n) is 5.02. The molecule has 2 fully saturated rings. The molecule has 1 atom stereocenters. The molecule has 1 aromatic heterocycles. The van der Waals surface area contributed by atoms with E-state index in [-0.39, 0.29) is 23.5 Å². The van der Waals surface area contributed by atoms with Crippen LogP contribution in [0.15, 0.2) is 24.4 Å². The lowest BCUT2D eigenvalue weighted by Crippen LogP contribution is -2.69. The van der Waals surface area contributed by atoms with Gasteiger partial charge in [0.1, 0.15) is 4.75 Å². The van der Waals surface area contributed by atoms with Gasteiger partial charge in [0, 0.05) is 37.7 Å². The normalized spacial score (nSPS) is 24.1. The minimum Gasteiger partial charge on any atom is -0.477 e. The zero-order valence-electron chi connectivity index (χ0n) is 14.1. The number of rotatable bonds is 5. The fraction of sp³-hybridized carbons (Fsp3) is 0.647. The van der Waals surface area contributed by atoms with Crippen molar-refractivity contribution in [2.45, 2.75) is 31.4 Å². The van der Waals surface area contributed by atoms with Crippen molar-refractivity contribution in [3.05, 3.63) is 24.4 Å². The van der Waals surface area contributed by atoms with Crippen LogP contribution in [0, 0.1) is 11.8 Å². The first-order valence-electron chi connectivity index (χ1n) is 8.38. The van der Waals surface area contributed by atoms with E-state index >= 15 is 0 Å². The number of nitrogens with zero attached hydrogens (tertiary/aromatic N) is 2. The van der Waals surface area contributed by atoms with Gasteiger partial charge < -0.3 is 9.64 Å². The predicted molar refractivity (Wildman–Crippen MR) is 90.4 cm³/mol. The molecular weight excluding hydrogens is 328 g/mol. The number of amides is 1. The first kappa shape index (κ1) is 17.2. The largest absolute Gasteiger partial charge is 0.477 e. The highest BCUT2D eigenvalue weighted by Crippen LogP contribution is 2.45. The van der Waals surface area contributed by atoms with Gasteiger partial charge in [-0.25, -0.2) is 13.4 Å². The van der Waals surface area contributed by atoms with Crippen molar-refractivity contribution < 1.29 is 17.9 Å². The Kier molecular flexibility index (Phi) is 4.55. The van der Waals surface area contributed by atoms with Gasteiger partial charge in [0.2, 0.25) is 11.8 Å². The summed E-state index contributed by atoms with van der Waals surface area (Å²) in [6, 6.07) is 5.40. The molecule has 0 unspecified atom stereocenters.